The highest BCUT2D eigenvalue weighted by Gasteiger charge is 2.27. The number of carbonyl (C=O) groups is 2. The number of carbonyl (C=O) groups excluding carboxylic acids is 1. The first-order valence-corrected chi connectivity index (χ1v) is 7.53. The molecule has 1 aromatic rings. The van der Waals surface area contributed by atoms with Gasteiger partial charge in [0, 0.05) is 12.1 Å². The number of carboxylic acid groups (broad SMARTS) is 1. The minimum Gasteiger partial charge on any atom is -0.481 e. The maximum atomic E-state index is 13.8. The number of anilines is 1. The lowest BCUT2D eigenvalue weighted by molar-refractivity contribution is -0.385. The molecule has 130 valence electrons. The van der Waals surface area contributed by atoms with E-state index in [-0.39, 0.29) is 23.0 Å². The molecular weight excluding hydrogens is 321 g/mol. The van der Waals surface area contributed by atoms with Crippen molar-refractivity contribution in [2.45, 2.75) is 38.6 Å². The Morgan fingerprint density at radius 3 is 2.46 bits per heavy atom. The van der Waals surface area contributed by atoms with Gasteiger partial charge in [0.25, 0.3) is 5.69 Å². The Morgan fingerprint density at radius 1 is 1.29 bits per heavy atom. The molecule has 0 aromatic heterocycles. The minimum atomic E-state index is -0.841. The second-order valence-corrected chi connectivity index (χ2v) is 5.81. The summed E-state index contributed by atoms with van der Waals surface area (Å²) in [5, 5.41) is 24.8. The van der Waals surface area contributed by atoms with Crippen LogP contribution < -0.4 is 10.6 Å². The molecule has 0 radical (unpaired) electrons. The smallest absolute Gasteiger partial charge is 0.319 e. The van der Waals surface area contributed by atoms with Crippen LogP contribution in [0.4, 0.5) is 20.6 Å². The standard InChI is InChI=1S/C15H18FN3O5/c1-8-12(19(23)24)7-6-11(16)13(8)18-15(22)17-10-4-2-9(3-5-10)14(20)21/h6-7,9-10H,2-5H2,1H3,(H,20,21)(H2,17,18,22). The lowest BCUT2D eigenvalue weighted by Crippen LogP contribution is -2.41. The Morgan fingerprint density at radius 2 is 1.92 bits per heavy atom. The van der Waals surface area contributed by atoms with Gasteiger partial charge in [0.05, 0.1) is 22.1 Å². The number of benzene rings is 1. The molecule has 0 heterocycles. The van der Waals surface area contributed by atoms with Crippen molar-refractivity contribution >= 4 is 23.4 Å². The van der Waals surface area contributed by atoms with Crippen LogP contribution >= 0.6 is 0 Å². The molecule has 0 spiro atoms. The van der Waals surface area contributed by atoms with Gasteiger partial charge in [0.1, 0.15) is 5.82 Å². The zero-order valence-electron chi connectivity index (χ0n) is 13.0. The highest BCUT2D eigenvalue weighted by Crippen LogP contribution is 2.28. The van der Waals surface area contributed by atoms with E-state index >= 15 is 0 Å². The number of nitrogens with zero attached hydrogens (tertiary/aromatic N) is 1. The van der Waals surface area contributed by atoms with Crippen molar-refractivity contribution in [1.29, 1.82) is 0 Å². The van der Waals surface area contributed by atoms with Gasteiger partial charge in [-0.3, -0.25) is 14.9 Å². The van der Waals surface area contributed by atoms with Crippen LogP contribution in [-0.4, -0.2) is 28.1 Å². The van der Waals surface area contributed by atoms with Gasteiger partial charge >= 0.3 is 12.0 Å². The van der Waals surface area contributed by atoms with Crippen molar-refractivity contribution in [1.82, 2.24) is 5.32 Å². The molecule has 0 aliphatic heterocycles. The Kier molecular flexibility index (Phi) is 5.32. The van der Waals surface area contributed by atoms with Gasteiger partial charge in [-0.1, -0.05) is 0 Å². The lowest BCUT2D eigenvalue weighted by atomic mass is 9.86. The van der Waals surface area contributed by atoms with Crippen LogP contribution in [0.25, 0.3) is 0 Å². The molecule has 1 aromatic carbocycles. The monoisotopic (exact) mass is 339 g/mol. The molecule has 0 unspecified atom stereocenters. The van der Waals surface area contributed by atoms with Gasteiger partial charge in [-0.05, 0) is 38.7 Å². The van der Waals surface area contributed by atoms with E-state index in [1.54, 1.807) is 0 Å². The van der Waals surface area contributed by atoms with E-state index < -0.39 is 28.7 Å². The summed E-state index contributed by atoms with van der Waals surface area (Å²) in [6, 6.07) is 1.10. The summed E-state index contributed by atoms with van der Waals surface area (Å²) in [4.78, 5) is 33.1. The number of nitro groups is 1. The molecule has 2 amide bonds. The van der Waals surface area contributed by atoms with E-state index in [0.717, 1.165) is 12.1 Å². The predicted octanol–water partition coefficient (Wildman–Crippen LogP) is 2.81. The molecule has 2 rings (SSSR count). The molecule has 1 aliphatic carbocycles. The van der Waals surface area contributed by atoms with Gasteiger partial charge in [-0.25, -0.2) is 9.18 Å². The van der Waals surface area contributed by atoms with Gasteiger partial charge in [-0.2, -0.15) is 0 Å². The van der Waals surface area contributed by atoms with Crippen LogP contribution in [0.15, 0.2) is 12.1 Å². The fourth-order valence-corrected chi connectivity index (χ4v) is 2.84. The molecule has 8 nitrogen and oxygen atoms in total. The molecule has 9 heteroatoms. The molecule has 0 saturated heterocycles. The Hall–Kier alpha value is -2.71. The largest absolute Gasteiger partial charge is 0.481 e. The Bertz CT molecular complexity index is 671. The van der Waals surface area contributed by atoms with Crippen molar-refractivity contribution < 1.29 is 24.0 Å². The van der Waals surface area contributed by atoms with E-state index in [2.05, 4.69) is 10.6 Å². The summed E-state index contributed by atoms with van der Waals surface area (Å²) in [6.07, 6.45) is 1.95. The second-order valence-electron chi connectivity index (χ2n) is 5.81. The first-order valence-electron chi connectivity index (χ1n) is 7.53. The first-order chi connectivity index (χ1) is 11.3. The van der Waals surface area contributed by atoms with Gasteiger partial charge in [0.2, 0.25) is 0 Å². The van der Waals surface area contributed by atoms with Crippen molar-refractivity contribution in [2.24, 2.45) is 5.92 Å². The van der Waals surface area contributed by atoms with Crippen LogP contribution in [-0.2, 0) is 4.79 Å². The van der Waals surface area contributed by atoms with Crippen LogP contribution in [0.2, 0.25) is 0 Å². The average Bonchev–Trinajstić information content (AvgIpc) is 2.51. The number of amides is 2. The number of rotatable bonds is 4. The number of nitrogens with one attached hydrogen (secondary N) is 2. The zero-order chi connectivity index (χ0) is 17.9. The molecule has 24 heavy (non-hydrogen) atoms. The Balaban J connectivity index is 2.00. The molecule has 0 bridgehead atoms. The minimum absolute atomic E-state index is 0.0322. The fraction of sp³-hybridized carbons (Fsp3) is 0.467. The summed E-state index contributed by atoms with van der Waals surface area (Å²) in [7, 11) is 0. The van der Waals surface area contributed by atoms with Crippen molar-refractivity contribution in [3.63, 3.8) is 0 Å². The number of hydrogen-bond donors (Lipinski definition) is 3. The normalized spacial score (nSPS) is 20.2. The number of carboxylic acids is 1. The molecule has 1 aliphatic rings. The SMILES string of the molecule is Cc1c([N+](=O)[O-])ccc(F)c1NC(=O)NC1CCC(C(=O)O)CC1. The molecule has 1 saturated carbocycles. The fourth-order valence-electron chi connectivity index (χ4n) is 2.84. The Labute approximate surface area is 137 Å². The number of halogens is 1. The topological polar surface area (TPSA) is 122 Å². The van der Waals surface area contributed by atoms with Gasteiger partial charge in [0.15, 0.2) is 0 Å². The zero-order valence-corrected chi connectivity index (χ0v) is 13.0. The average molecular weight is 339 g/mol. The molecule has 0 atom stereocenters. The van der Waals surface area contributed by atoms with E-state index in [9.17, 15) is 24.1 Å². The molecule has 1 fully saturated rings. The second kappa shape index (κ2) is 7.24. The highest BCUT2D eigenvalue weighted by molar-refractivity contribution is 5.91. The highest BCUT2D eigenvalue weighted by atomic mass is 19.1. The number of nitro benzene ring substituents is 1. The van der Waals surface area contributed by atoms with E-state index in [4.69, 9.17) is 5.11 Å². The van der Waals surface area contributed by atoms with Crippen LogP contribution in [0.1, 0.15) is 31.2 Å². The maximum Gasteiger partial charge on any atom is 0.319 e. The molecular formula is C15H18FN3O5. The third kappa shape index (κ3) is 3.98. The number of hydrogen-bond acceptors (Lipinski definition) is 4. The maximum absolute atomic E-state index is 13.8. The first kappa shape index (κ1) is 17.6. The lowest BCUT2D eigenvalue weighted by Gasteiger charge is -2.27. The van der Waals surface area contributed by atoms with Crippen molar-refractivity contribution in [3.05, 3.63) is 33.6 Å². The van der Waals surface area contributed by atoms with Gasteiger partial charge in [-0.15, -0.1) is 0 Å². The summed E-state index contributed by atoms with van der Waals surface area (Å²) in [5.41, 5.74) is -0.487. The van der Waals surface area contributed by atoms with Crippen LogP contribution in [0, 0.1) is 28.8 Å². The summed E-state index contributed by atoms with van der Waals surface area (Å²) in [5.74, 6) is -2.00. The van der Waals surface area contributed by atoms with Crippen molar-refractivity contribution in [2.75, 3.05) is 5.32 Å². The van der Waals surface area contributed by atoms with Crippen LogP contribution in [0.5, 0.6) is 0 Å². The van der Waals surface area contributed by atoms with E-state index in [1.165, 1.54) is 6.92 Å². The number of urea groups is 1. The summed E-state index contributed by atoms with van der Waals surface area (Å²) in [6.45, 7) is 1.36. The third-order valence-electron chi connectivity index (χ3n) is 4.23. The van der Waals surface area contributed by atoms with Crippen LogP contribution in [0.3, 0.4) is 0 Å². The third-order valence-corrected chi connectivity index (χ3v) is 4.23. The van der Waals surface area contributed by atoms with Crippen molar-refractivity contribution in [3.8, 4) is 0 Å². The van der Waals surface area contributed by atoms with E-state index in [0.29, 0.717) is 25.7 Å². The quantitative estimate of drug-likeness (QED) is 0.575. The summed E-state index contributed by atoms with van der Waals surface area (Å²) < 4.78 is 13.8. The summed E-state index contributed by atoms with van der Waals surface area (Å²) >= 11 is 0. The van der Waals surface area contributed by atoms with Gasteiger partial charge < -0.3 is 15.7 Å². The molecule has 3 N–H and O–H groups in total. The predicted molar refractivity (Wildman–Crippen MR) is 83.3 cm³/mol. The number of aliphatic carboxylic acids is 1. The van der Waals surface area contributed by atoms with E-state index in [1.807, 2.05) is 0 Å².